The zero-order chi connectivity index (χ0) is 31.9. The number of benzene rings is 1. The Kier molecular flexibility index (Phi) is 6.75. The van der Waals surface area contributed by atoms with Crippen molar-refractivity contribution < 1.29 is 27.4 Å². The molecule has 2 saturated carbocycles. The van der Waals surface area contributed by atoms with Crippen LogP contribution in [0.1, 0.15) is 41.6 Å². The Hall–Kier alpha value is -4.58. The van der Waals surface area contributed by atoms with Crippen LogP contribution in [0, 0.1) is 24.6 Å². The van der Waals surface area contributed by atoms with Gasteiger partial charge in [-0.25, -0.2) is 13.9 Å². The predicted octanol–water partition coefficient (Wildman–Crippen LogP) is 6.05. The van der Waals surface area contributed by atoms with Crippen LogP contribution >= 0.6 is 0 Å². The van der Waals surface area contributed by atoms with Gasteiger partial charge in [-0.2, -0.15) is 13.9 Å². The molecule has 46 heavy (non-hydrogen) atoms. The topological polar surface area (TPSA) is 99.9 Å². The second kappa shape index (κ2) is 10.8. The number of aryl methyl sites for hydroxylation is 1. The first-order valence-electron chi connectivity index (χ1n) is 15.6. The van der Waals surface area contributed by atoms with Gasteiger partial charge < -0.3 is 24.7 Å². The molecule has 2 aliphatic carbocycles. The normalized spacial score (nSPS) is 20.8. The average molecular weight is 631 g/mol. The lowest BCUT2D eigenvalue weighted by Gasteiger charge is -2.27. The van der Waals surface area contributed by atoms with E-state index in [1.54, 1.807) is 30.0 Å². The van der Waals surface area contributed by atoms with E-state index < -0.39 is 18.2 Å². The van der Waals surface area contributed by atoms with Crippen LogP contribution in [0.2, 0.25) is 0 Å². The van der Waals surface area contributed by atoms with E-state index in [4.69, 9.17) is 20.6 Å². The predicted molar refractivity (Wildman–Crippen MR) is 165 cm³/mol. The van der Waals surface area contributed by atoms with Gasteiger partial charge in [-0.1, -0.05) is 0 Å². The Morgan fingerprint density at radius 2 is 1.91 bits per heavy atom. The Balaban J connectivity index is 1.21. The summed E-state index contributed by atoms with van der Waals surface area (Å²) in [7, 11) is 1.59. The molecule has 1 amide bonds. The van der Waals surface area contributed by atoms with E-state index in [1.807, 2.05) is 24.0 Å². The zero-order valence-electron chi connectivity index (χ0n) is 25.4. The molecule has 1 aromatic carbocycles. The molecule has 1 aliphatic heterocycles. The molecule has 3 fully saturated rings. The largest absolute Gasteiger partial charge is 0.494 e. The molecule has 0 spiro atoms. The van der Waals surface area contributed by atoms with Crippen LogP contribution in [0.15, 0.2) is 48.7 Å². The summed E-state index contributed by atoms with van der Waals surface area (Å²) in [4.78, 5) is 20.5. The highest BCUT2D eigenvalue weighted by molar-refractivity contribution is 5.96. The van der Waals surface area contributed by atoms with Crippen LogP contribution < -0.4 is 15.2 Å². The third kappa shape index (κ3) is 4.69. The average Bonchev–Trinajstić information content (AvgIpc) is 3.45. The summed E-state index contributed by atoms with van der Waals surface area (Å²) in [6.45, 7) is 0.277. The highest BCUT2D eigenvalue weighted by Gasteiger charge is 2.47. The lowest BCUT2D eigenvalue weighted by Crippen LogP contribution is -2.41. The van der Waals surface area contributed by atoms with Crippen LogP contribution in [0.4, 0.5) is 13.2 Å². The molecule has 3 atom stereocenters. The third-order valence-corrected chi connectivity index (χ3v) is 9.88. The molecule has 3 aliphatic rings. The van der Waals surface area contributed by atoms with Crippen molar-refractivity contribution in [3.05, 3.63) is 65.6 Å². The fourth-order valence-electron chi connectivity index (χ4n) is 7.33. The van der Waals surface area contributed by atoms with Gasteiger partial charge in [0.25, 0.3) is 5.91 Å². The number of aromatic nitrogens is 4. The molecule has 2 unspecified atom stereocenters. The van der Waals surface area contributed by atoms with E-state index in [0.29, 0.717) is 46.6 Å². The van der Waals surface area contributed by atoms with Crippen molar-refractivity contribution >= 4 is 22.5 Å². The number of nitrogens with zero attached hydrogens (tertiary/aromatic N) is 5. The summed E-state index contributed by atoms with van der Waals surface area (Å²) < 4.78 is 53.8. The highest BCUT2D eigenvalue weighted by atomic mass is 19.3. The SMILES string of the molecule is COc1cc(C(=O)N2CC3CCC2[C@@H]3N)cn2nc(-c3cc4ccc(-c5ccc(OC(F)F)c(F)c5)nc4n3CC3CC3)c(C)c12. The van der Waals surface area contributed by atoms with Crippen molar-refractivity contribution in [3.8, 4) is 34.1 Å². The first kappa shape index (κ1) is 28.9. The minimum absolute atomic E-state index is 0.0218. The number of halogens is 3. The molecule has 4 aromatic heterocycles. The first-order valence-corrected chi connectivity index (χ1v) is 15.6. The summed E-state index contributed by atoms with van der Waals surface area (Å²) in [5, 5.41) is 5.89. The number of hydrogen-bond donors (Lipinski definition) is 1. The van der Waals surface area contributed by atoms with Gasteiger partial charge in [-0.15, -0.1) is 0 Å². The Labute approximate surface area is 262 Å². The van der Waals surface area contributed by atoms with Crippen molar-refractivity contribution in [2.24, 2.45) is 17.6 Å². The molecule has 238 valence electrons. The number of alkyl halides is 2. The van der Waals surface area contributed by atoms with Crippen molar-refractivity contribution in [1.82, 2.24) is 24.1 Å². The fourth-order valence-corrected chi connectivity index (χ4v) is 7.33. The highest BCUT2D eigenvalue weighted by Crippen LogP contribution is 2.40. The van der Waals surface area contributed by atoms with Gasteiger partial charge in [0.05, 0.1) is 24.1 Å². The maximum absolute atomic E-state index is 14.6. The minimum atomic E-state index is -3.12. The number of carbonyl (C=O) groups excluding carboxylic acids is 1. The number of ether oxygens (including phenoxy) is 2. The number of fused-ring (bicyclic) bond motifs is 4. The number of amides is 1. The van der Waals surface area contributed by atoms with Gasteiger partial charge in [-0.3, -0.25) is 4.79 Å². The molecule has 12 heteroatoms. The standard InChI is InChI=1S/C34H33F3N6O3/c1-17-30(40-43-16-22(13-28(45-2)31(17)43)33(44)42-15-21-6-9-25(42)29(21)38)26-12-20-5-8-24(39-32(20)41(26)14-18-3-4-18)19-7-10-27(23(35)11-19)46-34(36)37/h5,7-8,10-13,16,18,21,25,29,34H,3-4,6,9,14-15,38H2,1-2H3/t21?,25?,29-/m1/s1. The van der Waals surface area contributed by atoms with Crippen LogP contribution in [-0.4, -0.2) is 62.3 Å². The summed E-state index contributed by atoms with van der Waals surface area (Å²) in [5.41, 5.74) is 11.8. The van der Waals surface area contributed by atoms with Crippen LogP contribution in [0.3, 0.4) is 0 Å². The molecule has 9 nitrogen and oxygen atoms in total. The molecular formula is C34H33F3N6O3. The van der Waals surface area contributed by atoms with Crippen molar-refractivity contribution in [1.29, 1.82) is 0 Å². The lowest BCUT2D eigenvalue weighted by atomic mass is 10.1. The van der Waals surface area contributed by atoms with Crippen LogP contribution in [-0.2, 0) is 6.54 Å². The van der Waals surface area contributed by atoms with Gasteiger partial charge in [0.2, 0.25) is 0 Å². The molecule has 0 radical (unpaired) electrons. The minimum Gasteiger partial charge on any atom is -0.494 e. The quantitative estimate of drug-likeness (QED) is 0.224. The van der Waals surface area contributed by atoms with Crippen LogP contribution in [0.5, 0.6) is 11.5 Å². The lowest BCUT2D eigenvalue weighted by molar-refractivity contribution is -0.0521. The molecule has 8 rings (SSSR count). The first-order chi connectivity index (χ1) is 22.2. The Morgan fingerprint density at radius 3 is 2.59 bits per heavy atom. The molecule has 5 heterocycles. The Morgan fingerprint density at radius 1 is 1.09 bits per heavy atom. The van der Waals surface area contributed by atoms with Gasteiger partial charge in [0.1, 0.15) is 22.6 Å². The third-order valence-electron chi connectivity index (χ3n) is 9.88. The maximum Gasteiger partial charge on any atom is 0.387 e. The van der Waals surface area contributed by atoms with Crippen LogP contribution in [0.25, 0.3) is 39.2 Å². The van der Waals surface area contributed by atoms with E-state index in [9.17, 15) is 18.0 Å². The second-order valence-corrected chi connectivity index (χ2v) is 12.7. The van der Waals surface area contributed by atoms with E-state index in [-0.39, 0.29) is 18.0 Å². The monoisotopic (exact) mass is 630 g/mol. The molecule has 5 aromatic rings. The number of carbonyl (C=O) groups is 1. The molecule has 2 bridgehead atoms. The van der Waals surface area contributed by atoms with Gasteiger partial charge in [0.15, 0.2) is 11.6 Å². The van der Waals surface area contributed by atoms with Gasteiger partial charge >= 0.3 is 6.61 Å². The van der Waals surface area contributed by atoms with E-state index in [0.717, 1.165) is 66.1 Å². The number of nitrogens with two attached hydrogens (primary N) is 1. The number of hydrogen-bond acceptors (Lipinski definition) is 6. The smallest absolute Gasteiger partial charge is 0.387 e. The number of likely N-dealkylation sites (tertiary alicyclic amines) is 1. The summed E-state index contributed by atoms with van der Waals surface area (Å²) in [6.07, 6.45) is 5.98. The maximum atomic E-state index is 14.6. The van der Waals surface area contributed by atoms with Crippen molar-refractivity contribution in [2.75, 3.05) is 13.7 Å². The van der Waals surface area contributed by atoms with E-state index in [2.05, 4.69) is 9.30 Å². The molecular weight excluding hydrogens is 597 g/mol. The Bertz CT molecular complexity index is 2020. The van der Waals surface area contributed by atoms with Gasteiger partial charge in [-0.05, 0) is 86.9 Å². The van der Waals surface area contributed by atoms with E-state index in [1.165, 1.54) is 12.1 Å². The molecule has 1 saturated heterocycles. The van der Waals surface area contributed by atoms with E-state index >= 15 is 0 Å². The van der Waals surface area contributed by atoms with Gasteiger partial charge in [0, 0.05) is 47.9 Å². The fraction of sp³-hybridized carbons (Fsp3) is 0.382. The number of piperidine rings is 1. The number of methoxy groups -OCH3 is 1. The summed E-state index contributed by atoms with van der Waals surface area (Å²) in [6, 6.07) is 11.5. The van der Waals surface area contributed by atoms with Crippen molar-refractivity contribution in [3.63, 3.8) is 0 Å². The summed E-state index contributed by atoms with van der Waals surface area (Å²) >= 11 is 0. The molecule has 2 N–H and O–H groups in total. The second-order valence-electron chi connectivity index (χ2n) is 12.7. The van der Waals surface area contributed by atoms with Crippen molar-refractivity contribution in [2.45, 2.75) is 57.8 Å². The number of pyridine rings is 2. The number of rotatable bonds is 8. The summed E-state index contributed by atoms with van der Waals surface area (Å²) in [5.74, 6) is -0.0662. The zero-order valence-corrected chi connectivity index (χ0v) is 25.4.